The third-order valence-corrected chi connectivity index (χ3v) is 2.05. The van der Waals surface area contributed by atoms with Gasteiger partial charge in [0.2, 0.25) is 0 Å². The molecule has 1 fully saturated rings. The summed E-state index contributed by atoms with van der Waals surface area (Å²) >= 11 is 0. The summed E-state index contributed by atoms with van der Waals surface area (Å²) < 4.78 is 22.5. The van der Waals surface area contributed by atoms with Gasteiger partial charge in [0.15, 0.2) is 0 Å². The Labute approximate surface area is 96.3 Å². The average Bonchev–Trinajstić information content (AvgIpc) is 2.79. The van der Waals surface area contributed by atoms with Crippen molar-refractivity contribution in [2.24, 2.45) is 5.92 Å². The van der Waals surface area contributed by atoms with Crippen LogP contribution < -0.4 is 0 Å². The molecule has 0 spiro atoms. The Morgan fingerprint density at radius 1 is 0.929 bits per heavy atom. The average molecular weight is 237 g/mol. The van der Waals surface area contributed by atoms with Crippen molar-refractivity contribution >= 4 is 0 Å². The van der Waals surface area contributed by atoms with Crippen LogP contribution in [-0.2, 0) is 31.0 Å². The first-order valence-corrected chi connectivity index (χ1v) is 4.04. The Morgan fingerprint density at radius 3 is 1.36 bits per heavy atom. The van der Waals surface area contributed by atoms with Gasteiger partial charge in [-0.05, 0) is 5.92 Å². The Bertz CT molecular complexity index is 120. The molecule has 0 atom stereocenters. The van der Waals surface area contributed by atoms with Gasteiger partial charge >= 0.3 is 33.9 Å². The monoisotopic (exact) mass is 237 g/mol. The molecule has 0 N–H and O–H groups in total. The molecule has 0 saturated heterocycles. The van der Waals surface area contributed by atoms with Crippen molar-refractivity contribution in [2.45, 2.75) is 39.0 Å². The van der Waals surface area contributed by atoms with Gasteiger partial charge in [-0.1, -0.05) is 39.0 Å². The van der Waals surface area contributed by atoms with Crippen molar-refractivity contribution in [1.29, 1.82) is 0 Å². The molecule has 3 nitrogen and oxygen atoms in total. The summed E-state index contributed by atoms with van der Waals surface area (Å²) in [6.07, 6.45) is 7.43. The van der Waals surface area contributed by atoms with E-state index >= 15 is 0 Å². The maximum Gasteiger partial charge on any atom is 0 e. The van der Waals surface area contributed by atoms with E-state index in [-0.39, 0.29) is 17.1 Å². The van der Waals surface area contributed by atoms with Crippen LogP contribution in [0.25, 0.3) is 0 Å². The maximum atomic E-state index is 7.50. The number of rotatable bonds is 1. The molecule has 0 aromatic carbocycles. The second kappa shape index (κ2) is 29.3. The molecule has 1 saturated carbocycles. The van der Waals surface area contributed by atoms with Crippen molar-refractivity contribution in [1.82, 2.24) is 0 Å². The van der Waals surface area contributed by atoms with E-state index in [1.165, 1.54) is 32.1 Å². The topological polar surface area (TPSA) is 59.7 Å². The van der Waals surface area contributed by atoms with Gasteiger partial charge in [-0.3, -0.25) is 0 Å². The normalized spacial score (nSPS) is 12.2. The smallest absolute Gasteiger partial charge is 0 e. The van der Waals surface area contributed by atoms with Gasteiger partial charge < -0.3 is 0 Å². The minimum absolute atomic E-state index is 0. The first-order chi connectivity index (χ1) is 6.43. The summed E-state index contributed by atoms with van der Waals surface area (Å²) in [5, 5.41) is 0. The standard InChI is InChI=1S/C7H14.3CO.Mn/c1-2-7-5-3-4-6-7;3*1-2;/h7H,2-6H2,1H3;;;;. The van der Waals surface area contributed by atoms with E-state index in [1.807, 2.05) is 0 Å². The third kappa shape index (κ3) is 17.7. The second-order valence-corrected chi connectivity index (χ2v) is 2.56. The molecule has 0 bridgehead atoms. The van der Waals surface area contributed by atoms with Crippen LogP contribution in [0.1, 0.15) is 39.0 Å². The Kier molecular flexibility index (Phi) is 49.2. The molecular weight excluding hydrogens is 223 g/mol. The van der Waals surface area contributed by atoms with Crippen LogP contribution in [0, 0.1) is 25.9 Å². The predicted octanol–water partition coefficient (Wildman–Crippen LogP) is 2.47. The summed E-state index contributed by atoms with van der Waals surface area (Å²) in [4.78, 5) is 0. The van der Waals surface area contributed by atoms with Gasteiger partial charge in [0, 0.05) is 17.1 Å². The van der Waals surface area contributed by atoms with E-state index in [2.05, 4.69) is 26.9 Å². The van der Waals surface area contributed by atoms with E-state index < -0.39 is 0 Å². The van der Waals surface area contributed by atoms with Gasteiger partial charge in [-0.2, -0.15) is 0 Å². The molecule has 1 aliphatic rings. The summed E-state index contributed by atoms with van der Waals surface area (Å²) in [5.74, 6) is 1.10. The first kappa shape index (κ1) is 23.5. The van der Waals surface area contributed by atoms with Gasteiger partial charge in [0.25, 0.3) is 0 Å². The quantitative estimate of drug-likeness (QED) is 0.382. The summed E-state index contributed by atoms with van der Waals surface area (Å²) in [6, 6.07) is 0. The van der Waals surface area contributed by atoms with Gasteiger partial charge in [0.05, 0.1) is 0 Å². The molecule has 1 aliphatic carbocycles. The molecule has 79 valence electrons. The zero-order valence-electron chi connectivity index (χ0n) is 8.22. The minimum Gasteiger partial charge on any atom is 0 e. The van der Waals surface area contributed by atoms with Crippen LogP contribution in [0.5, 0.6) is 0 Å². The van der Waals surface area contributed by atoms with Crippen molar-refractivity contribution in [3.8, 4) is 0 Å². The Morgan fingerprint density at radius 2 is 1.21 bits per heavy atom. The van der Waals surface area contributed by atoms with Crippen LogP contribution in [0.15, 0.2) is 0 Å². The molecule has 4 heteroatoms. The summed E-state index contributed by atoms with van der Waals surface area (Å²) in [5.41, 5.74) is 0. The maximum absolute atomic E-state index is 7.50. The Balaban J connectivity index is -0.0000000625. The fourth-order valence-corrected chi connectivity index (χ4v) is 1.42. The van der Waals surface area contributed by atoms with E-state index in [4.69, 9.17) is 14.0 Å². The Hall–Kier alpha value is -0.261. The van der Waals surface area contributed by atoms with Gasteiger partial charge in [-0.25, -0.2) is 0 Å². The molecule has 0 heterocycles. The first-order valence-electron chi connectivity index (χ1n) is 4.04. The SMILES string of the molecule is CCC1CCCC1.[C-]#[O+].[C-]#[O+].[C-]#[O+].[Mn]. The molecule has 0 aromatic rings. The largest absolute Gasteiger partial charge is 0 e. The van der Waals surface area contributed by atoms with Gasteiger partial charge in [0.1, 0.15) is 0 Å². The molecule has 14 heavy (non-hydrogen) atoms. The zero-order chi connectivity index (χ0) is 11.1. The van der Waals surface area contributed by atoms with Crippen LogP contribution in [0.2, 0.25) is 0 Å². The number of hydrogen-bond acceptors (Lipinski definition) is 0. The zero-order valence-corrected chi connectivity index (χ0v) is 9.40. The van der Waals surface area contributed by atoms with Crippen LogP contribution in [0.4, 0.5) is 0 Å². The van der Waals surface area contributed by atoms with Gasteiger partial charge in [-0.15, -0.1) is 0 Å². The van der Waals surface area contributed by atoms with Crippen molar-refractivity contribution in [3.05, 3.63) is 20.0 Å². The molecule has 1 rings (SSSR count). The molecular formula is C10H14MnO3. The molecule has 0 aliphatic heterocycles. The summed E-state index contributed by atoms with van der Waals surface area (Å²) in [7, 11) is 0. The van der Waals surface area contributed by atoms with E-state index in [1.54, 1.807) is 0 Å². The number of hydrogen-bond donors (Lipinski definition) is 0. The minimum atomic E-state index is 0. The summed E-state index contributed by atoms with van der Waals surface area (Å²) in [6.45, 7) is 15.8. The third-order valence-electron chi connectivity index (χ3n) is 2.05. The second-order valence-electron chi connectivity index (χ2n) is 2.56. The van der Waals surface area contributed by atoms with Crippen LogP contribution >= 0.6 is 0 Å². The van der Waals surface area contributed by atoms with E-state index in [0.29, 0.717) is 0 Å². The fraction of sp³-hybridized carbons (Fsp3) is 0.700. The molecule has 0 amide bonds. The van der Waals surface area contributed by atoms with Crippen molar-refractivity contribution < 1.29 is 31.0 Å². The van der Waals surface area contributed by atoms with E-state index in [9.17, 15) is 0 Å². The van der Waals surface area contributed by atoms with Crippen molar-refractivity contribution in [2.75, 3.05) is 0 Å². The van der Waals surface area contributed by atoms with Crippen LogP contribution in [0.3, 0.4) is 0 Å². The van der Waals surface area contributed by atoms with Crippen LogP contribution in [-0.4, -0.2) is 0 Å². The molecule has 0 unspecified atom stereocenters. The predicted molar refractivity (Wildman–Crippen MR) is 44.0 cm³/mol. The molecule has 0 aromatic heterocycles. The fourth-order valence-electron chi connectivity index (χ4n) is 1.42. The molecule has 1 radical (unpaired) electrons. The van der Waals surface area contributed by atoms with E-state index in [0.717, 1.165) is 5.92 Å². The van der Waals surface area contributed by atoms with Crippen molar-refractivity contribution in [3.63, 3.8) is 0 Å².